The molecule has 1 aliphatic carbocycles. The Morgan fingerprint density at radius 1 is 1.14 bits per heavy atom. The molecule has 0 aromatic carbocycles. The molecule has 0 bridgehead atoms. The fraction of sp³-hybridized carbons (Fsp3) is 0.750. The van der Waals surface area contributed by atoms with Gasteiger partial charge in [-0.3, -0.25) is 9.59 Å². The second-order valence-electron chi connectivity index (χ2n) is 3.47. The van der Waals surface area contributed by atoms with Crippen LogP contribution in [0.5, 0.6) is 0 Å². The van der Waals surface area contributed by atoms with Gasteiger partial charge in [0.05, 0.1) is 10.8 Å². The lowest BCUT2D eigenvalue weighted by Crippen LogP contribution is -2.46. The van der Waals surface area contributed by atoms with E-state index in [0.717, 1.165) is 0 Å². The standard InChI is InChI=1S/C8H10Cl2O4/c9-4-1-2-8(6(11)12,7(13)14)3-5(4)10/h4-5H,1-3H2,(H,11,12)(H,13,14). The summed E-state index contributed by atoms with van der Waals surface area (Å²) >= 11 is 11.6. The zero-order valence-electron chi connectivity index (χ0n) is 7.24. The van der Waals surface area contributed by atoms with Gasteiger partial charge in [0.2, 0.25) is 0 Å². The maximum Gasteiger partial charge on any atom is 0.321 e. The summed E-state index contributed by atoms with van der Waals surface area (Å²) < 4.78 is 0. The van der Waals surface area contributed by atoms with Crippen LogP contribution in [-0.2, 0) is 9.59 Å². The van der Waals surface area contributed by atoms with Gasteiger partial charge in [-0.2, -0.15) is 0 Å². The number of halogens is 2. The molecule has 6 heteroatoms. The topological polar surface area (TPSA) is 74.6 Å². The van der Waals surface area contributed by atoms with Crippen LogP contribution in [-0.4, -0.2) is 32.9 Å². The molecule has 0 aromatic rings. The Hall–Kier alpha value is -0.480. The Morgan fingerprint density at radius 3 is 2.00 bits per heavy atom. The first kappa shape index (κ1) is 11.6. The van der Waals surface area contributed by atoms with Crippen molar-refractivity contribution in [1.29, 1.82) is 0 Å². The first-order valence-electron chi connectivity index (χ1n) is 4.15. The third-order valence-electron chi connectivity index (χ3n) is 2.60. The Morgan fingerprint density at radius 2 is 1.64 bits per heavy atom. The molecule has 0 radical (unpaired) electrons. The summed E-state index contributed by atoms with van der Waals surface area (Å²) in [5.74, 6) is -2.67. The Kier molecular flexibility index (Phi) is 3.27. The molecule has 0 aliphatic heterocycles. The fourth-order valence-electron chi connectivity index (χ4n) is 1.61. The normalized spacial score (nSPS) is 31.0. The summed E-state index contributed by atoms with van der Waals surface area (Å²) in [6, 6.07) is 0. The molecule has 80 valence electrons. The van der Waals surface area contributed by atoms with Gasteiger partial charge in [-0.1, -0.05) is 0 Å². The number of carboxylic acids is 2. The van der Waals surface area contributed by atoms with Crippen LogP contribution in [0.15, 0.2) is 0 Å². The van der Waals surface area contributed by atoms with Gasteiger partial charge in [-0.05, 0) is 19.3 Å². The van der Waals surface area contributed by atoms with Crippen molar-refractivity contribution < 1.29 is 19.8 Å². The van der Waals surface area contributed by atoms with Gasteiger partial charge < -0.3 is 10.2 Å². The molecule has 0 amide bonds. The number of hydrogen-bond acceptors (Lipinski definition) is 2. The molecule has 2 unspecified atom stereocenters. The number of rotatable bonds is 2. The first-order chi connectivity index (χ1) is 6.40. The lowest BCUT2D eigenvalue weighted by atomic mass is 9.74. The molecule has 4 nitrogen and oxygen atoms in total. The van der Waals surface area contributed by atoms with Gasteiger partial charge in [-0.15, -0.1) is 23.2 Å². The van der Waals surface area contributed by atoms with Crippen molar-refractivity contribution in [2.75, 3.05) is 0 Å². The van der Waals surface area contributed by atoms with Crippen molar-refractivity contribution in [3.8, 4) is 0 Å². The monoisotopic (exact) mass is 240 g/mol. The van der Waals surface area contributed by atoms with E-state index in [9.17, 15) is 9.59 Å². The van der Waals surface area contributed by atoms with Crippen molar-refractivity contribution in [2.24, 2.45) is 5.41 Å². The van der Waals surface area contributed by atoms with Gasteiger partial charge in [0.15, 0.2) is 5.41 Å². The average Bonchev–Trinajstić information content (AvgIpc) is 2.09. The lowest BCUT2D eigenvalue weighted by Gasteiger charge is -2.34. The molecule has 0 spiro atoms. The highest BCUT2D eigenvalue weighted by molar-refractivity contribution is 6.30. The molecule has 2 atom stereocenters. The van der Waals surface area contributed by atoms with Crippen LogP contribution < -0.4 is 0 Å². The van der Waals surface area contributed by atoms with E-state index >= 15 is 0 Å². The maximum atomic E-state index is 10.9. The molecule has 1 fully saturated rings. The largest absolute Gasteiger partial charge is 0.480 e. The summed E-state index contributed by atoms with van der Waals surface area (Å²) in [7, 11) is 0. The molecule has 2 N–H and O–H groups in total. The third kappa shape index (κ3) is 1.81. The van der Waals surface area contributed by atoms with Crippen molar-refractivity contribution in [3.63, 3.8) is 0 Å². The summed E-state index contributed by atoms with van der Waals surface area (Å²) in [6.07, 6.45) is 0.233. The molecule has 0 saturated heterocycles. The van der Waals surface area contributed by atoms with E-state index in [1.165, 1.54) is 0 Å². The van der Waals surface area contributed by atoms with Crippen LogP contribution in [0.3, 0.4) is 0 Å². The number of carbonyl (C=O) groups is 2. The highest BCUT2D eigenvalue weighted by Crippen LogP contribution is 2.41. The van der Waals surface area contributed by atoms with E-state index in [2.05, 4.69) is 0 Å². The van der Waals surface area contributed by atoms with E-state index in [0.29, 0.717) is 6.42 Å². The van der Waals surface area contributed by atoms with E-state index in [1.54, 1.807) is 0 Å². The number of carboxylic acid groups (broad SMARTS) is 2. The molecule has 1 rings (SSSR count). The smallest absolute Gasteiger partial charge is 0.321 e. The van der Waals surface area contributed by atoms with Crippen LogP contribution in [0.2, 0.25) is 0 Å². The number of aliphatic carboxylic acids is 2. The van der Waals surface area contributed by atoms with E-state index < -0.39 is 22.7 Å². The van der Waals surface area contributed by atoms with Gasteiger partial charge in [-0.25, -0.2) is 0 Å². The fourth-order valence-corrected chi connectivity index (χ4v) is 2.20. The average molecular weight is 241 g/mol. The second kappa shape index (κ2) is 3.95. The second-order valence-corrected chi connectivity index (χ2v) is 4.59. The minimum atomic E-state index is -1.75. The van der Waals surface area contributed by atoms with Gasteiger partial charge in [0.25, 0.3) is 0 Å². The Bertz CT molecular complexity index is 252. The Balaban J connectivity index is 2.91. The van der Waals surface area contributed by atoms with Crippen LogP contribution in [0, 0.1) is 5.41 Å². The van der Waals surface area contributed by atoms with Gasteiger partial charge in [0.1, 0.15) is 0 Å². The van der Waals surface area contributed by atoms with Crippen molar-refractivity contribution in [3.05, 3.63) is 0 Å². The molecule has 0 aromatic heterocycles. The number of alkyl halides is 2. The zero-order valence-corrected chi connectivity index (χ0v) is 8.75. The first-order valence-corrected chi connectivity index (χ1v) is 5.02. The SMILES string of the molecule is O=C(O)C1(C(=O)O)CCC(Cl)C(Cl)C1. The van der Waals surface area contributed by atoms with E-state index in [-0.39, 0.29) is 18.2 Å². The van der Waals surface area contributed by atoms with E-state index in [1.807, 2.05) is 0 Å². The maximum absolute atomic E-state index is 10.9. The molecule has 0 heterocycles. The quantitative estimate of drug-likeness (QED) is 0.568. The molecule has 1 aliphatic rings. The molecule has 1 saturated carbocycles. The zero-order chi connectivity index (χ0) is 10.9. The van der Waals surface area contributed by atoms with Crippen LogP contribution in [0.4, 0.5) is 0 Å². The van der Waals surface area contributed by atoms with Crippen LogP contribution in [0.1, 0.15) is 19.3 Å². The molecular formula is C8H10Cl2O4. The van der Waals surface area contributed by atoms with Crippen molar-refractivity contribution in [2.45, 2.75) is 30.0 Å². The van der Waals surface area contributed by atoms with Crippen LogP contribution in [0.25, 0.3) is 0 Å². The summed E-state index contributed by atoms with van der Waals surface area (Å²) in [5, 5.41) is 16.8. The van der Waals surface area contributed by atoms with Gasteiger partial charge in [0, 0.05) is 0 Å². The summed E-state index contributed by atoms with van der Waals surface area (Å²) in [4.78, 5) is 21.8. The van der Waals surface area contributed by atoms with E-state index in [4.69, 9.17) is 33.4 Å². The minimum absolute atomic E-state index is 0.0368. The highest BCUT2D eigenvalue weighted by Gasteiger charge is 2.51. The van der Waals surface area contributed by atoms with Crippen molar-refractivity contribution in [1.82, 2.24) is 0 Å². The Labute approximate surface area is 90.8 Å². The molecular weight excluding hydrogens is 231 g/mol. The highest BCUT2D eigenvalue weighted by atomic mass is 35.5. The van der Waals surface area contributed by atoms with Gasteiger partial charge >= 0.3 is 11.9 Å². The predicted molar refractivity (Wildman–Crippen MR) is 50.8 cm³/mol. The lowest BCUT2D eigenvalue weighted by molar-refractivity contribution is -0.167. The summed E-state index contributed by atoms with van der Waals surface area (Å²) in [5.41, 5.74) is -1.75. The van der Waals surface area contributed by atoms with Crippen LogP contribution >= 0.6 is 23.2 Å². The third-order valence-corrected chi connectivity index (χ3v) is 3.71. The summed E-state index contributed by atoms with van der Waals surface area (Å²) in [6.45, 7) is 0. The predicted octanol–water partition coefficient (Wildman–Crippen LogP) is 1.54. The number of hydrogen-bond donors (Lipinski definition) is 2. The van der Waals surface area contributed by atoms with Crippen molar-refractivity contribution >= 4 is 35.1 Å². The minimum Gasteiger partial charge on any atom is -0.480 e. The molecule has 14 heavy (non-hydrogen) atoms.